The molecule has 0 aliphatic carbocycles. The fourth-order valence-corrected chi connectivity index (χ4v) is 2.85. The van der Waals surface area contributed by atoms with Gasteiger partial charge in [0.25, 0.3) is 5.56 Å². The quantitative estimate of drug-likeness (QED) is 0.875. The van der Waals surface area contributed by atoms with Crippen LogP contribution in [0.3, 0.4) is 0 Å². The molecule has 2 heterocycles. The van der Waals surface area contributed by atoms with Crippen LogP contribution in [0.4, 0.5) is 0 Å². The molecular weight excluding hydrogens is 252 g/mol. The molecule has 0 saturated carbocycles. The zero-order valence-corrected chi connectivity index (χ0v) is 11.7. The second-order valence-corrected chi connectivity index (χ2v) is 5.24. The van der Waals surface area contributed by atoms with Crippen molar-refractivity contribution in [3.05, 3.63) is 40.4 Å². The number of nitrogens with zero attached hydrogens (tertiary/aromatic N) is 2. The molecule has 3 rings (SSSR count). The first kappa shape index (κ1) is 13.3. The summed E-state index contributed by atoms with van der Waals surface area (Å²) in [6.07, 6.45) is 1.16. The SMILES string of the molecule is CCN(Cc1nc2ccccc2c(=O)[nH]1)C1CCNC1. The second-order valence-electron chi connectivity index (χ2n) is 5.24. The predicted octanol–water partition coefficient (Wildman–Crippen LogP) is 1.11. The lowest BCUT2D eigenvalue weighted by atomic mass is 10.2. The largest absolute Gasteiger partial charge is 0.315 e. The smallest absolute Gasteiger partial charge is 0.258 e. The van der Waals surface area contributed by atoms with E-state index >= 15 is 0 Å². The number of likely N-dealkylation sites (N-methyl/N-ethyl adjacent to an activating group) is 1. The maximum Gasteiger partial charge on any atom is 0.258 e. The van der Waals surface area contributed by atoms with Crippen LogP contribution in [0.1, 0.15) is 19.2 Å². The Morgan fingerprint density at radius 2 is 2.25 bits per heavy atom. The average molecular weight is 272 g/mol. The number of rotatable bonds is 4. The highest BCUT2D eigenvalue weighted by Crippen LogP contribution is 2.12. The Bertz CT molecular complexity index is 646. The van der Waals surface area contributed by atoms with Crippen molar-refractivity contribution in [3.8, 4) is 0 Å². The Kier molecular flexibility index (Phi) is 3.80. The first-order valence-corrected chi connectivity index (χ1v) is 7.20. The maximum atomic E-state index is 12.1. The summed E-state index contributed by atoms with van der Waals surface area (Å²) in [7, 11) is 0. The third-order valence-corrected chi connectivity index (χ3v) is 3.97. The van der Waals surface area contributed by atoms with Crippen LogP contribution in [0, 0.1) is 0 Å². The third-order valence-electron chi connectivity index (χ3n) is 3.97. The third kappa shape index (κ3) is 2.59. The van der Waals surface area contributed by atoms with E-state index in [2.05, 4.69) is 27.1 Å². The van der Waals surface area contributed by atoms with Crippen molar-refractivity contribution in [1.82, 2.24) is 20.2 Å². The summed E-state index contributed by atoms with van der Waals surface area (Å²) in [5.74, 6) is 0.752. The van der Waals surface area contributed by atoms with Crippen LogP contribution >= 0.6 is 0 Å². The van der Waals surface area contributed by atoms with E-state index in [1.807, 2.05) is 24.3 Å². The van der Waals surface area contributed by atoms with Gasteiger partial charge in [0.1, 0.15) is 5.82 Å². The van der Waals surface area contributed by atoms with Gasteiger partial charge in [-0.25, -0.2) is 4.98 Å². The van der Waals surface area contributed by atoms with E-state index in [1.54, 1.807) is 0 Å². The van der Waals surface area contributed by atoms with E-state index in [1.165, 1.54) is 0 Å². The average Bonchev–Trinajstić information content (AvgIpc) is 2.99. The summed E-state index contributed by atoms with van der Waals surface area (Å²) in [6, 6.07) is 8.01. The van der Waals surface area contributed by atoms with E-state index in [0.717, 1.165) is 37.4 Å². The lowest BCUT2D eigenvalue weighted by Gasteiger charge is -2.26. The fourth-order valence-electron chi connectivity index (χ4n) is 2.85. The van der Waals surface area contributed by atoms with Gasteiger partial charge in [-0.3, -0.25) is 9.69 Å². The van der Waals surface area contributed by atoms with Crippen LogP contribution in [0.15, 0.2) is 29.1 Å². The Labute approximate surface area is 118 Å². The topological polar surface area (TPSA) is 61.0 Å². The normalized spacial score (nSPS) is 19.0. The summed E-state index contributed by atoms with van der Waals surface area (Å²) < 4.78 is 0. The molecule has 0 spiro atoms. The van der Waals surface area contributed by atoms with Crippen LogP contribution in [0.5, 0.6) is 0 Å². The van der Waals surface area contributed by atoms with E-state index in [-0.39, 0.29) is 5.56 Å². The van der Waals surface area contributed by atoms with E-state index in [0.29, 0.717) is 18.0 Å². The molecule has 2 aromatic rings. The van der Waals surface area contributed by atoms with Gasteiger partial charge in [-0.15, -0.1) is 0 Å². The van der Waals surface area contributed by atoms with Crippen molar-refractivity contribution in [2.45, 2.75) is 25.9 Å². The van der Waals surface area contributed by atoms with Crippen molar-refractivity contribution in [1.29, 1.82) is 0 Å². The predicted molar refractivity (Wildman–Crippen MR) is 79.7 cm³/mol. The highest BCUT2D eigenvalue weighted by molar-refractivity contribution is 5.77. The molecule has 5 heteroatoms. The molecule has 0 radical (unpaired) electrons. The summed E-state index contributed by atoms with van der Waals surface area (Å²) >= 11 is 0. The van der Waals surface area contributed by atoms with E-state index < -0.39 is 0 Å². The van der Waals surface area contributed by atoms with Gasteiger partial charge in [0.2, 0.25) is 0 Å². The number of para-hydroxylation sites is 1. The number of nitrogens with one attached hydrogen (secondary N) is 2. The van der Waals surface area contributed by atoms with Crippen LogP contribution in [0.2, 0.25) is 0 Å². The standard InChI is InChI=1S/C15H20N4O/c1-2-19(11-7-8-16-9-11)10-14-17-13-6-4-3-5-12(13)15(20)18-14/h3-6,11,16H,2,7-10H2,1H3,(H,17,18,20). The Hall–Kier alpha value is -1.72. The lowest BCUT2D eigenvalue weighted by Crippen LogP contribution is -2.37. The van der Waals surface area contributed by atoms with E-state index in [9.17, 15) is 4.79 Å². The molecule has 1 unspecified atom stereocenters. The van der Waals surface area contributed by atoms with Crippen molar-refractivity contribution in [2.24, 2.45) is 0 Å². The number of H-pyrrole nitrogens is 1. The molecule has 0 amide bonds. The van der Waals surface area contributed by atoms with Gasteiger partial charge in [0.15, 0.2) is 0 Å². The Balaban J connectivity index is 1.88. The van der Waals surface area contributed by atoms with Gasteiger partial charge in [0.05, 0.1) is 17.4 Å². The van der Waals surface area contributed by atoms with Gasteiger partial charge in [-0.2, -0.15) is 0 Å². The Morgan fingerprint density at radius 1 is 1.40 bits per heavy atom. The number of benzene rings is 1. The molecule has 5 nitrogen and oxygen atoms in total. The molecule has 0 bridgehead atoms. The monoisotopic (exact) mass is 272 g/mol. The van der Waals surface area contributed by atoms with Crippen molar-refractivity contribution >= 4 is 10.9 Å². The van der Waals surface area contributed by atoms with Gasteiger partial charge in [-0.1, -0.05) is 19.1 Å². The minimum Gasteiger partial charge on any atom is -0.315 e. The molecule has 1 aliphatic heterocycles. The van der Waals surface area contributed by atoms with E-state index in [4.69, 9.17) is 0 Å². The van der Waals surface area contributed by atoms with Crippen LogP contribution in [0.25, 0.3) is 10.9 Å². The van der Waals surface area contributed by atoms with Gasteiger partial charge < -0.3 is 10.3 Å². The molecule has 1 fully saturated rings. The molecule has 1 aromatic heterocycles. The number of aromatic amines is 1. The number of aromatic nitrogens is 2. The highest BCUT2D eigenvalue weighted by Gasteiger charge is 2.21. The van der Waals surface area contributed by atoms with Crippen molar-refractivity contribution in [2.75, 3.05) is 19.6 Å². The Morgan fingerprint density at radius 3 is 3.00 bits per heavy atom. The molecule has 20 heavy (non-hydrogen) atoms. The summed E-state index contributed by atoms with van der Waals surface area (Å²) in [4.78, 5) is 21.9. The minimum atomic E-state index is -0.0498. The minimum absolute atomic E-state index is 0.0498. The molecular formula is C15H20N4O. The molecule has 106 valence electrons. The molecule has 1 aromatic carbocycles. The zero-order valence-electron chi connectivity index (χ0n) is 11.7. The molecule has 1 atom stereocenters. The first-order valence-electron chi connectivity index (χ1n) is 7.20. The van der Waals surface area contributed by atoms with Crippen molar-refractivity contribution in [3.63, 3.8) is 0 Å². The second kappa shape index (κ2) is 5.73. The fraction of sp³-hybridized carbons (Fsp3) is 0.467. The molecule has 2 N–H and O–H groups in total. The van der Waals surface area contributed by atoms with Gasteiger partial charge in [-0.05, 0) is 31.6 Å². The van der Waals surface area contributed by atoms with Crippen molar-refractivity contribution < 1.29 is 0 Å². The van der Waals surface area contributed by atoms with Crippen LogP contribution in [-0.2, 0) is 6.54 Å². The highest BCUT2D eigenvalue weighted by atomic mass is 16.1. The van der Waals surface area contributed by atoms with Gasteiger partial charge >= 0.3 is 0 Å². The van der Waals surface area contributed by atoms with Gasteiger partial charge in [0, 0.05) is 12.6 Å². The van der Waals surface area contributed by atoms with Crippen LogP contribution in [-0.4, -0.2) is 40.5 Å². The summed E-state index contributed by atoms with van der Waals surface area (Å²) in [5, 5.41) is 4.03. The number of fused-ring (bicyclic) bond motifs is 1. The number of hydrogen-bond acceptors (Lipinski definition) is 4. The lowest BCUT2D eigenvalue weighted by molar-refractivity contribution is 0.205. The maximum absolute atomic E-state index is 12.1. The summed E-state index contributed by atoms with van der Waals surface area (Å²) in [6.45, 7) is 5.90. The zero-order chi connectivity index (χ0) is 13.9. The summed E-state index contributed by atoms with van der Waals surface area (Å²) in [5.41, 5.74) is 0.720. The molecule has 1 aliphatic rings. The van der Waals surface area contributed by atoms with Crippen LogP contribution < -0.4 is 10.9 Å². The molecule has 1 saturated heterocycles. The number of hydrogen-bond donors (Lipinski definition) is 2. The first-order chi connectivity index (χ1) is 9.78.